The monoisotopic (exact) mass is 729 g/mol. The van der Waals surface area contributed by atoms with Gasteiger partial charge in [-0.25, -0.2) is 9.78 Å². The van der Waals surface area contributed by atoms with Crippen LogP contribution < -0.4 is 21.3 Å². The minimum absolute atomic E-state index is 0.0138. The summed E-state index contributed by atoms with van der Waals surface area (Å²) in [5.74, 6) is -1.33. The number of benzene rings is 3. The van der Waals surface area contributed by atoms with Gasteiger partial charge in [-0.05, 0) is 54.5 Å². The average Bonchev–Trinajstić information content (AvgIpc) is 3.53. The first-order valence-electron chi connectivity index (χ1n) is 17.8. The SMILES string of the molecule is CCC(C)NC(=O)CC(O)C(CC(C)C)NC(=O)[C@H](Cc1scnc1C)NC(=O)[C@H](Cc1cccc2ccccc12)NC(=O)OCc1ccccc1. The Bertz CT molecular complexity index is 1780. The quantitative estimate of drug-likeness (QED) is 0.0922. The zero-order valence-electron chi connectivity index (χ0n) is 30.6. The number of nitrogens with zero attached hydrogens (tertiary/aromatic N) is 1. The highest BCUT2D eigenvalue weighted by atomic mass is 32.1. The highest BCUT2D eigenvalue weighted by Crippen LogP contribution is 2.21. The van der Waals surface area contributed by atoms with Gasteiger partial charge in [0.25, 0.3) is 0 Å². The second-order valence-electron chi connectivity index (χ2n) is 13.6. The summed E-state index contributed by atoms with van der Waals surface area (Å²) in [4.78, 5) is 59.2. The van der Waals surface area contributed by atoms with Crippen LogP contribution in [0.1, 0.15) is 68.7 Å². The lowest BCUT2D eigenvalue weighted by atomic mass is 9.96. The maximum Gasteiger partial charge on any atom is 0.408 e. The van der Waals surface area contributed by atoms with Crippen LogP contribution in [0.3, 0.4) is 0 Å². The van der Waals surface area contributed by atoms with Crippen LogP contribution in [0.2, 0.25) is 0 Å². The molecule has 4 aromatic rings. The number of alkyl carbamates (subject to hydrolysis) is 1. The third-order valence-electron chi connectivity index (χ3n) is 8.92. The number of fused-ring (bicyclic) bond motifs is 1. The Morgan fingerprint density at radius 2 is 1.50 bits per heavy atom. The Morgan fingerprint density at radius 3 is 2.19 bits per heavy atom. The molecule has 5 atom stereocenters. The van der Waals surface area contributed by atoms with E-state index < -0.39 is 42.1 Å². The van der Waals surface area contributed by atoms with E-state index in [1.54, 1.807) is 5.51 Å². The number of aliphatic hydroxyl groups excluding tert-OH is 1. The molecule has 12 heteroatoms. The van der Waals surface area contributed by atoms with Gasteiger partial charge in [0.15, 0.2) is 0 Å². The lowest BCUT2D eigenvalue weighted by Crippen LogP contribution is -2.57. The maximum absolute atomic E-state index is 14.2. The van der Waals surface area contributed by atoms with Crippen molar-refractivity contribution in [2.45, 2.75) is 104 Å². The number of thiazole rings is 1. The largest absolute Gasteiger partial charge is 0.445 e. The van der Waals surface area contributed by atoms with Gasteiger partial charge in [0.05, 0.1) is 29.8 Å². The van der Waals surface area contributed by atoms with E-state index in [1.165, 1.54) is 11.3 Å². The van der Waals surface area contributed by atoms with Crippen LogP contribution in [0, 0.1) is 12.8 Å². The molecule has 1 aromatic heterocycles. The van der Waals surface area contributed by atoms with Gasteiger partial charge in [0, 0.05) is 23.8 Å². The Labute approximate surface area is 310 Å². The smallest absolute Gasteiger partial charge is 0.408 e. The van der Waals surface area contributed by atoms with Gasteiger partial charge in [-0.15, -0.1) is 11.3 Å². The van der Waals surface area contributed by atoms with Gasteiger partial charge in [-0.3, -0.25) is 14.4 Å². The first-order valence-corrected chi connectivity index (χ1v) is 18.7. The van der Waals surface area contributed by atoms with Crippen molar-refractivity contribution in [2.75, 3.05) is 0 Å². The molecule has 0 fully saturated rings. The minimum Gasteiger partial charge on any atom is -0.445 e. The van der Waals surface area contributed by atoms with Crippen molar-refractivity contribution in [3.05, 3.63) is 100 Å². The summed E-state index contributed by atoms with van der Waals surface area (Å²) in [5.41, 5.74) is 4.03. The van der Waals surface area contributed by atoms with Gasteiger partial charge in [0.2, 0.25) is 17.7 Å². The summed E-state index contributed by atoms with van der Waals surface area (Å²) in [6.07, 6.45) is -0.713. The maximum atomic E-state index is 14.2. The molecule has 0 aliphatic carbocycles. The topological polar surface area (TPSA) is 159 Å². The summed E-state index contributed by atoms with van der Waals surface area (Å²) in [5, 5.41) is 24.5. The van der Waals surface area contributed by atoms with Crippen LogP contribution >= 0.6 is 11.3 Å². The number of nitrogens with one attached hydrogen (secondary N) is 4. The van der Waals surface area contributed by atoms with E-state index in [1.807, 2.05) is 107 Å². The average molecular weight is 730 g/mol. The number of hydrogen-bond donors (Lipinski definition) is 5. The summed E-state index contributed by atoms with van der Waals surface area (Å²) < 4.78 is 5.49. The molecule has 4 amide bonds. The number of aliphatic hydroxyl groups is 1. The molecule has 0 aliphatic heterocycles. The third kappa shape index (κ3) is 12.2. The zero-order chi connectivity index (χ0) is 37.6. The third-order valence-corrected chi connectivity index (χ3v) is 9.88. The predicted octanol–water partition coefficient (Wildman–Crippen LogP) is 5.37. The van der Waals surface area contributed by atoms with Crippen LogP contribution in [-0.4, -0.2) is 64.2 Å². The van der Waals surface area contributed by atoms with Gasteiger partial charge in [-0.2, -0.15) is 0 Å². The van der Waals surface area contributed by atoms with E-state index in [-0.39, 0.29) is 43.7 Å². The lowest BCUT2D eigenvalue weighted by molar-refractivity contribution is -0.131. The van der Waals surface area contributed by atoms with Crippen LogP contribution in [0.15, 0.2) is 78.3 Å². The highest BCUT2D eigenvalue weighted by Gasteiger charge is 2.32. The molecule has 4 rings (SSSR count). The van der Waals surface area contributed by atoms with Crippen molar-refractivity contribution in [1.29, 1.82) is 0 Å². The number of aromatic nitrogens is 1. The number of aryl methyl sites for hydroxylation is 1. The molecular formula is C40H51N5O6S. The van der Waals surface area contributed by atoms with Crippen molar-refractivity contribution >= 4 is 45.9 Å². The molecule has 0 radical (unpaired) electrons. The molecule has 0 bridgehead atoms. The predicted molar refractivity (Wildman–Crippen MR) is 204 cm³/mol. The lowest BCUT2D eigenvalue weighted by Gasteiger charge is -2.29. The highest BCUT2D eigenvalue weighted by molar-refractivity contribution is 7.09. The second-order valence-corrected chi connectivity index (χ2v) is 14.6. The van der Waals surface area contributed by atoms with Crippen molar-refractivity contribution in [3.8, 4) is 0 Å². The molecule has 11 nitrogen and oxygen atoms in total. The Morgan fingerprint density at radius 1 is 0.827 bits per heavy atom. The second kappa shape index (κ2) is 19.7. The Balaban J connectivity index is 1.58. The van der Waals surface area contributed by atoms with Crippen molar-refractivity contribution < 1.29 is 29.0 Å². The molecule has 0 spiro atoms. The first kappa shape index (κ1) is 40.0. The summed E-state index contributed by atoms with van der Waals surface area (Å²) in [6.45, 7) is 9.62. The van der Waals surface area contributed by atoms with Gasteiger partial charge >= 0.3 is 6.09 Å². The molecule has 3 aromatic carbocycles. The van der Waals surface area contributed by atoms with Gasteiger partial charge < -0.3 is 31.1 Å². The first-order chi connectivity index (χ1) is 24.9. The fourth-order valence-electron chi connectivity index (χ4n) is 5.87. The molecule has 52 heavy (non-hydrogen) atoms. The van der Waals surface area contributed by atoms with E-state index in [0.717, 1.165) is 38.9 Å². The molecule has 5 N–H and O–H groups in total. The Hall–Kier alpha value is -4.81. The molecule has 0 saturated carbocycles. The number of carbonyl (C=O) groups excluding carboxylic acids is 4. The van der Waals surface area contributed by atoms with Crippen LogP contribution in [0.5, 0.6) is 0 Å². The van der Waals surface area contributed by atoms with Gasteiger partial charge in [-0.1, -0.05) is 93.6 Å². The van der Waals surface area contributed by atoms with E-state index in [9.17, 15) is 24.3 Å². The van der Waals surface area contributed by atoms with Crippen molar-refractivity contribution in [3.63, 3.8) is 0 Å². The molecule has 0 saturated heterocycles. The number of rotatable bonds is 18. The minimum atomic E-state index is -1.16. The van der Waals surface area contributed by atoms with Crippen molar-refractivity contribution in [1.82, 2.24) is 26.3 Å². The number of ether oxygens (including phenoxy) is 1. The number of hydrogen-bond acceptors (Lipinski definition) is 8. The van der Waals surface area contributed by atoms with E-state index >= 15 is 0 Å². The summed E-state index contributed by atoms with van der Waals surface area (Å²) in [6, 6.07) is 19.8. The van der Waals surface area contributed by atoms with Crippen molar-refractivity contribution in [2.24, 2.45) is 5.92 Å². The molecule has 0 aliphatic rings. The van der Waals surface area contributed by atoms with Crippen LogP contribution in [0.4, 0.5) is 4.79 Å². The summed E-state index contributed by atoms with van der Waals surface area (Å²) in [7, 11) is 0. The fraction of sp³-hybridized carbons (Fsp3) is 0.425. The normalized spacial score (nSPS) is 14.1. The molecule has 1 heterocycles. The molecule has 3 unspecified atom stereocenters. The number of carbonyl (C=O) groups is 4. The summed E-state index contributed by atoms with van der Waals surface area (Å²) >= 11 is 1.37. The number of amides is 4. The standard InChI is InChI=1S/C40H51N5O6S/c1-6-26(4)42-37(47)22-35(46)32(19-25(2)3)43-39(49)34(21-36-27(5)41-24-52-36)44-38(48)33(45-40(50)51-23-28-13-8-7-9-14-28)20-30-17-12-16-29-15-10-11-18-31(29)30/h7-18,24-26,32-35,46H,6,19-23H2,1-5H3,(H,42,47)(H,43,49)(H,44,48)(H,45,50)/t26?,32?,33-,34-,35?/m0/s1. The fourth-order valence-corrected chi connectivity index (χ4v) is 6.69. The van der Waals surface area contributed by atoms with Crippen LogP contribution in [-0.2, 0) is 38.6 Å². The zero-order valence-corrected chi connectivity index (χ0v) is 31.4. The van der Waals surface area contributed by atoms with E-state index in [0.29, 0.717) is 6.42 Å². The van der Waals surface area contributed by atoms with E-state index in [2.05, 4.69) is 26.3 Å². The molecular weight excluding hydrogens is 679 g/mol. The Kier molecular flexibility index (Phi) is 15.1. The van der Waals surface area contributed by atoms with E-state index in [4.69, 9.17) is 4.74 Å². The van der Waals surface area contributed by atoms with Gasteiger partial charge in [0.1, 0.15) is 18.7 Å². The molecule has 278 valence electrons. The van der Waals surface area contributed by atoms with Crippen LogP contribution in [0.25, 0.3) is 10.8 Å².